The highest BCUT2D eigenvalue weighted by atomic mass is 16.3. The maximum atomic E-state index is 5.35. The van der Waals surface area contributed by atoms with Crippen LogP contribution in [-0.2, 0) is 6.54 Å². The predicted molar refractivity (Wildman–Crippen MR) is 77.1 cm³/mol. The molecule has 1 atom stereocenters. The minimum atomic E-state index is 0.324. The van der Waals surface area contributed by atoms with Gasteiger partial charge >= 0.3 is 0 Å². The van der Waals surface area contributed by atoms with Gasteiger partial charge in [0, 0.05) is 13.1 Å². The molecule has 4 heteroatoms. The number of nitrogens with one attached hydrogen (secondary N) is 1. The van der Waals surface area contributed by atoms with Crippen molar-refractivity contribution in [2.75, 3.05) is 19.0 Å². The topological polar surface area (TPSA) is 41.3 Å². The zero-order chi connectivity index (χ0) is 13.7. The molecular formula is C15H21N3O. The number of aromatic nitrogens is 1. The fraction of sp³-hybridized carbons (Fsp3) is 0.400. The van der Waals surface area contributed by atoms with Crippen LogP contribution in [0, 0.1) is 0 Å². The van der Waals surface area contributed by atoms with E-state index < -0.39 is 0 Å². The zero-order valence-electron chi connectivity index (χ0n) is 11.8. The molecule has 0 aliphatic carbocycles. The number of furan rings is 1. The molecule has 19 heavy (non-hydrogen) atoms. The minimum absolute atomic E-state index is 0.324. The molecule has 0 saturated heterocycles. The van der Waals surface area contributed by atoms with Gasteiger partial charge in [-0.3, -0.25) is 4.98 Å². The molecule has 0 aromatic carbocycles. The molecule has 2 heterocycles. The van der Waals surface area contributed by atoms with Gasteiger partial charge in [0.25, 0.3) is 0 Å². The van der Waals surface area contributed by atoms with Gasteiger partial charge in [0.15, 0.2) is 0 Å². The predicted octanol–water partition coefficient (Wildman–Crippen LogP) is 2.98. The molecule has 0 amide bonds. The molecular weight excluding hydrogens is 238 g/mol. The van der Waals surface area contributed by atoms with Gasteiger partial charge in [-0.1, -0.05) is 6.92 Å². The Balaban J connectivity index is 2.05. The molecule has 4 nitrogen and oxygen atoms in total. The lowest BCUT2D eigenvalue weighted by atomic mass is 10.1. The average Bonchev–Trinajstić information content (AvgIpc) is 2.94. The zero-order valence-corrected chi connectivity index (χ0v) is 11.8. The standard InChI is InChI=1S/C15H21N3O/c1-4-14(16-2)15-8-7-12(10-17-15)18(3)11-13-6-5-9-19-13/h5-10,14,16H,4,11H2,1-3H3. The summed E-state index contributed by atoms with van der Waals surface area (Å²) < 4.78 is 5.35. The summed E-state index contributed by atoms with van der Waals surface area (Å²) in [7, 11) is 4.00. The van der Waals surface area contributed by atoms with Gasteiger partial charge in [0.2, 0.25) is 0 Å². The van der Waals surface area contributed by atoms with E-state index in [0.717, 1.165) is 30.1 Å². The fourth-order valence-corrected chi connectivity index (χ4v) is 2.12. The van der Waals surface area contributed by atoms with Crippen molar-refractivity contribution < 1.29 is 4.42 Å². The van der Waals surface area contributed by atoms with Crippen LogP contribution >= 0.6 is 0 Å². The fourth-order valence-electron chi connectivity index (χ4n) is 2.12. The molecule has 0 radical (unpaired) electrons. The molecule has 0 spiro atoms. The summed E-state index contributed by atoms with van der Waals surface area (Å²) in [6.45, 7) is 2.90. The van der Waals surface area contributed by atoms with Crippen molar-refractivity contribution in [1.29, 1.82) is 0 Å². The average molecular weight is 259 g/mol. The van der Waals surface area contributed by atoms with E-state index in [-0.39, 0.29) is 0 Å². The largest absolute Gasteiger partial charge is 0.467 e. The normalized spacial score (nSPS) is 12.4. The molecule has 1 unspecified atom stereocenters. The molecule has 2 aromatic rings. The Bertz CT molecular complexity index is 475. The van der Waals surface area contributed by atoms with Crippen molar-refractivity contribution in [2.24, 2.45) is 0 Å². The van der Waals surface area contributed by atoms with Gasteiger partial charge in [0.1, 0.15) is 5.76 Å². The van der Waals surface area contributed by atoms with E-state index in [0.29, 0.717) is 6.04 Å². The summed E-state index contributed by atoms with van der Waals surface area (Å²) >= 11 is 0. The summed E-state index contributed by atoms with van der Waals surface area (Å²) in [5.74, 6) is 0.952. The summed E-state index contributed by atoms with van der Waals surface area (Å²) in [4.78, 5) is 6.66. The third-order valence-electron chi connectivity index (χ3n) is 3.30. The summed E-state index contributed by atoms with van der Waals surface area (Å²) in [5, 5.41) is 3.26. The summed E-state index contributed by atoms with van der Waals surface area (Å²) in [6.07, 6.45) is 4.65. The lowest BCUT2D eigenvalue weighted by Crippen LogP contribution is -2.18. The maximum absolute atomic E-state index is 5.35. The third-order valence-corrected chi connectivity index (χ3v) is 3.30. The molecule has 2 rings (SSSR count). The Kier molecular flexibility index (Phi) is 4.58. The Hall–Kier alpha value is -1.81. The number of rotatable bonds is 6. The van der Waals surface area contributed by atoms with Crippen LogP contribution in [0.15, 0.2) is 41.1 Å². The van der Waals surface area contributed by atoms with Crippen LogP contribution in [0.2, 0.25) is 0 Å². The van der Waals surface area contributed by atoms with Crippen LogP contribution in [-0.4, -0.2) is 19.1 Å². The van der Waals surface area contributed by atoms with E-state index in [9.17, 15) is 0 Å². The minimum Gasteiger partial charge on any atom is -0.467 e. The van der Waals surface area contributed by atoms with E-state index >= 15 is 0 Å². The highest BCUT2D eigenvalue weighted by Crippen LogP contribution is 2.19. The quantitative estimate of drug-likeness (QED) is 0.866. The van der Waals surface area contributed by atoms with Crippen LogP contribution in [0.3, 0.4) is 0 Å². The lowest BCUT2D eigenvalue weighted by molar-refractivity contribution is 0.507. The van der Waals surface area contributed by atoms with E-state index in [4.69, 9.17) is 4.42 Å². The summed E-state index contributed by atoms with van der Waals surface area (Å²) in [6, 6.07) is 8.39. The lowest BCUT2D eigenvalue weighted by Gasteiger charge is -2.19. The van der Waals surface area contributed by atoms with Crippen LogP contribution in [0.5, 0.6) is 0 Å². The van der Waals surface area contributed by atoms with E-state index in [1.54, 1.807) is 6.26 Å². The van der Waals surface area contributed by atoms with Gasteiger partial charge in [-0.15, -0.1) is 0 Å². The van der Waals surface area contributed by atoms with Gasteiger partial charge in [-0.05, 0) is 37.7 Å². The molecule has 1 N–H and O–H groups in total. The molecule has 0 bridgehead atoms. The number of hydrogen-bond acceptors (Lipinski definition) is 4. The third kappa shape index (κ3) is 3.35. The number of hydrogen-bond donors (Lipinski definition) is 1. The Labute approximate surface area is 114 Å². The van der Waals surface area contributed by atoms with Crippen LogP contribution in [0.1, 0.15) is 30.8 Å². The van der Waals surface area contributed by atoms with Crippen molar-refractivity contribution in [3.8, 4) is 0 Å². The number of pyridine rings is 1. The van der Waals surface area contributed by atoms with Crippen LogP contribution in [0.4, 0.5) is 5.69 Å². The number of nitrogens with zero attached hydrogens (tertiary/aromatic N) is 2. The molecule has 0 fully saturated rings. The van der Waals surface area contributed by atoms with Gasteiger partial charge in [0.05, 0.1) is 30.4 Å². The monoisotopic (exact) mass is 259 g/mol. The van der Waals surface area contributed by atoms with Crippen LogP contribution in [0.25, 0.3) is 0 Å². The molecule has 0 aliphatic heterocycles. The van der Waals surface area contributed by atoms with Crippen molar-refractivity contribution >= 4 is 5.69 Å². The second kappa shape index (κ2) is 6.38. The highest BCUT2D eigenvalue weighted by Gasteiger charge is 2.09. The van der Waals surface area contributed by atoms with E-state index in [1.165, 1.54) is 0 Å². The van der Waals surface area contributed by atoms with Crippen LogP contribution < -0.4 is 10.2 Å². The first-order valence-corrected chi connectivity index (χ1v) is 6.61. The van der Waals surface area contributed by atoms with Crippen molar-refractivity contribution in [1.82, 2.24) is 10.3 Å². The first-order chi connectivity index (χ1) is 9.24. The second-order valence-corrected chi connectivity index (χ2v) is 4.63. The van der Waals surface area contributed by atoms with E-state index in [2.05, 4.69) is 34.3 Å². The van der Waals surface area contributed by atoms with Gasteiger partial charge < -0.3 is 14.6 Å². The maximum Gasteiger partial charge on any atom is 0.123 e. The first-order valence-electron chi connectivity index (χ1n) is 6.61. The molecule has 2 aromatic heterocycles. The van der Waals surface area contributed by atoms with Gasteiger partial charge in [-0.2, -0.15) is 0 Å². The molecule has 0 aliphatic rings. The first kappa shape index (κ1) is 13.6. The van der Waals surface area contributed by atoms with Crippen molar-refractivity contribution in [3.63, 3.8) is 0 Å². The Morgan fingerprint density at radius 3 is 2.74 bits per heavy atom. The SMILES string of the molecule is CCC(NC)c1ccc(N(C)Cc2ccco2)cn1. The van der Waals surface area contributed by atoms with Crippen molar-refractivity contribution in [2.45, 2.75) is 25.9 Å². The van der Waals surface area contributed by atoms with Gasteiger partial charge in [-0.25, -0.2) is 0 Å². The number of anilines is 1. The molecule has 0 saturated carbocycles. The highest BCUT2D eigenvalue weighted by molar-refractivity contribution is 5.44. The Morgan fingerprint density at radius 1 is 1.37 bits per heavy atom. The molecule has 102 valence electrons. The summed E-state index contributed by atoms with van der Waals surface area (Å²) in [5.41, 5.74) is 2.17. The van der Waals surface area contributed by atoms with E-state index in [1.807, 2.05) is 32.4 Å². The van der Waals surface area contributed by atoms with Crippen molar-refractivity contribution in [3.05, 3.63) is 48.2 Å². The second-order valence-electron chi connectivity index (χ2n) is 4.63. The smallest absolute Gasteiger partial charge is 0.123 e. The Morgan fingerprint density at radius 2 is 2.21 bits per heavy atom.